The van der Waals surface area contributed by atoms with Crippen molar-refractivity contribution in [3.05, 3.63) is 0 Å². The molecule has 0 aliphatic carbocycles. The highest BCUT2D eigenvalue weighted by Crippen LogP contribution is 1.39. The van der Waals surface area contributed by atoms with Gasteiger partial charge in [-0.2, -0.15) is 4.89 Å². The highest BCUT2D eigenvalue weighted by molar-refractivity contribution is 3.33. The van der Waals surface area contributed by atoms with E-state index in [1.807, 2.05) is 0 Å². The van der Waals surface area contributed by atoms with E-state index in [4.69, 9.17) is 0 Å². The predicted octanol–water partition coefficient (Wildman–Crippen LogP) is -4.16. The van der Waals surface area contributed by atoms with Gasteiger partial charge in [-0.25, -0.2) is 0 Å². The maximum absolute atomic E-state index is 9.29. The van der Waals surface area contributed by atoms with E-state index in [0.717, 1.165) is 0 Å². The molecule has 0 rings (SSSR count). The van der Waals surface area contributed by atoms with Crippen LogP contribution in [0.4, 0.5) is 0 Å². The lowest BCUT2D eigenvalue weighted by molar-refractivity contribution is -1.29. The summed E-state index contributed by atoms with van der Waals surface area (Å²) in [6.07, 6.45) is 0. The van der Waals surface area contributed by atoms with E-state index < -0.39 is 22.0 Å². The van der Waals surface area contributed by atoms with Crippen molar-refractivity contribution in [3.63, 3.8) is 0 Å². The molecule has 0 saturated carbocycles. The van der Waals surface area contributed by atoms with Crippen LogP contribution < -0.4 is 25.5 Å². The topological polar surface area (TPSA) is 41.5 Å². The number of halogens is 1. The molecule has 0 radical (unpaired) electrons. The van der Waals surface area contributed by atoms with Gasteiger partial charge in [0.05, 0.1) is 7.11 Å². The van der Waals surface area contributed by atoms with Crippen LogP contribution in [-0.2, 0) is 8.10 Å². The number of hydrogen-bond donors (Lipinski definition) is 0. The second-order valence-corrected chi connectivity index (χ2v) is 1.01. The summed E-state index contributed by atoms with van der Waals surface area (Å²) in [5, 5.41) is 0. The summed E-state index contributed by atoms with van der Waals surface area (Å²) in [4.78, 5) is 3.93. The summed E-state index contributed by atoms with van der Waals surface area (Å²) in [6, 6.07) is 0. The van der Waals surface area contributed by atoms with Gasteiger partial charge in [0.2, 0.25) is 0 Å². The van der Waals surface area contributed by atoms with Crippen molar-refractivity contribution in [1.82, 2.24) is 0 Å². The second-order valence-electron chi connectivity index (χ2n) is 0.293. The Hall–Kier alpha value is 0.610. The summed E-state index contributed by atoms with van der Waals surface area (Å²) in [6.45, 7) is 0. The second kappa shape index (κ2) is 4.61. The maximum atomic E-state index is 9.29. The third-order valence-electron chi connectivity index (χ3n) is 0.0887. The molecule has 0 saturated heterocycles. The molecule has 0 spiro atoms. The van der Waals surface area contributed by atoms with Crippen LogP contribution in [-0.4, -0.2) is 7.11 Å². The van der Waals surface area contributed by atoms with Gasteiger partial charge in [0.1, 0.15) is 0 Å². The SMILES string of the molecule is COO[I+][O-]. The van der Waals surface area contributed by atoms with Crippen LogP contribution in [0.5, 0.6) is 0 Å². The Morgan fingerprint density at radius 1 is 1.80 bits per heavy atom. The largest absolute Gasteiger partial charge is 0.565 e. The Labute approximate surface area is 41.2 Å². The monoisotopic (exact) mass is 190 g/mol. The summed E-state index contributed by atoms with van der Waals surface area (Å²) >= 11 is -1.36. The smallest absolute Gasteiger partial charge is 0.488 e. The Balaban J connectivity index is 2.19. The van der Waals surface area contributed by atoms with Gasteiger partial charge in [-0.1, -0.05) is 0 Å². The summed E-state index contributed by atoms with van der Waals surface area (Å²) in [5.41, 5.74) is 0. The van der Waals surface area contributed by atoms with E-state index in [0.29, 0.717) is 0 Å². The summed E-state index contributed by atoms with van der Waals surface area (Å²) < 4.78 is 13.2. The standard InChI is InChI=1S/CH3IO3/c1-4-5-2-3/h1H3. The molecule has 5 heavy (non-hydrogen) atoms. The predicted molar refractivity (Wildman–Crippen MR) is 8.09 cm³/mol. The molecule has 32 valence electrons. The molecule has 3 nitrogen and oxygen atoms in total. The molecule has 0 aromatic rings. The Kier molecular flexibility index (Phi) is 5.17. The molecule has 0 N–H and O–H groups in total. The molecule has 0 aromatic carbocycles. The molecule has 0 aromatic heterocycles. The Morgan fingerprint density at radius 3 is 2.40 bits per heavy atom. The minimum Gasteiger partial charge on any atom is -0.565 e. The van der Waals surface area contributed by atoms with Crippen LogP contribution in [0.25, 0.3) is 0 Å². The van der Waals surface area contributed by atoms with Gasteiger partial charge in [-0.3, -0.25) is 0 Å². The zero-order chi connectivity index (χ0) is 4.12. The first-order chi connectivity index (χ1) is 2.41. The van der Waals surface area contributed by atoms with Crippen molar-refractivity contribution < 1.29 is 33.6 Å². The van der Waals surface area contributed by atoms with E-state index in [1.54, 1.807) is 0 Å². The molecule has 0 aliphatic rings. The molecule has 0 aliphatic heterocycles. The lowest BCUT2D eigenvalue weighted by Crippen LogP contribution is -3.70. The van der Waals surface area contributed by atoms with Gasteiger partial charge in [0, 0.05) is 3.22 Å². The van der Waals surface area contributed by atoms with Crippen molar-refractivity contribution in [3.8, 4) is 0 Å². The quantitative estimate of drug-likeness (QED) is 0.252. The van der Waals surface area contributed by atoms with Gasteiger partial charge in [0.25, 0.3) is 0 Å². The van der Waals surface area contributed by atoms with Crippen LogP contribution >= 0.6 is 0 Å². The Morgan fingerprint density at radius 2 is 2.40 bits per heavy atom. The maximum Gasteiger partial charge on any atom is 0.488 e. The minimum absolute atomic E-state index is 1.32. The molecule has 0 bridgehead atoms. The zero-order valence-electron chi connectivity index (χ0n) is 2.60. The number of rotatable bonds is 2. The molecule has 0 heterocycles. The first-order valence-corrected chi connectivity index (χ1v) is 2.65. The fraction of sp³-hybridized carbons (Fsp3) is 1.00. The molecule has 0 fully saturated rings. The van der Waals surface area contributed by atoms with Crippen LogP contribution in [0.15, 0.2) is 0 Å². The summed E-state index contributed by atoms with van der Waals surface area (Å²) in [5.74, 6) is 0. The van der Waals surface area contributed by atoms with Gasteiger partial charge in [-0.05, 0) is 0 Å². The average molecular weight is 190 g/mol. The van der Waals surface area contributed by atoms with E-state index in [-0.39, 0.29) is 0 Å². The van der Waals surface area contributed by atoms with Crippen molar-refractivity contribution in [2.24, 2.45) is 0 Å². The van der Waals surface area contributed by atoms with Crippen molar-refractivity contribution in [1.29, 1.82) is 0 Å². The zero-order valence-corrected chi connectivity index (χ0v) is 4.76. The average Bonchev–Trinajstić information content (AvgIpc) is 1.41. The summed E-state index contributed by atoms with van der Waals surface area (Å²) in [7, 11) is 1.32. The first kappa shape index (κ1) is 5.61. The van der Waals surface area contributed by atoms with Gasteiger partial charge >= 0.3 is 22.0 Å². The molecule has 0 amide bonds. The van der Waals surface area contributed by atoms with Crippen molar-refractivity contribution in [2.45, 2.75) is 0 Å². The lowest BCUT2D eigenvalue weighted by atomic mass is 11.8. The fourth-order valence-electron chi connectivity index (χ4n) is 0.0257. The lowest BCUT2D eigenvalue weighted by Gasteiger charge is -1.73. The highest BCUT2D eigenvalue weighted by Gasteiger charge is 1.82. The van der Waals surface area contributed by atoms with Gasteiger partial charge < -0.3 is 3.44 Å². The van der Waals surface area contributed by atoms with Crippen LogP contribution in [0, 0.1) is 0 Å². The van der Waals surface area contributed by atoms with Crippen LogP contribution in [0.2, 0.25) is 0 Å². The normalized spacial score (nSPS) is 8.40. The third kappa shape index (κ3) is 4.61. The molecule has 4 heteroatoms. The molecule has 0 atom stereocenters. The van der Waals surface area contributed by atoms with Gasteiger partial charge in [-0.15, -0.1) is 0 Å². The van der Waals surface area contributed by atoms with E-state index in [2.05, 4.69) is 8.10 Å². The highest BCUT2D eigenvalue weighted by atomic mass is 127. The molecular weight excluding hydrogens is 187 g/mol. The molecule has 0 unspecified atom stereocenters. The van der Waals surface area contributed by atoms with Gasteiger partial charge in [0.15, 0.2) is 0 Å². The third-order valence-corrected chi connectivity index (χ3v) is 0.595. The molecular formula is CH3IO3. The van der Waals surface area contributed by atoms with E-state index >= 15 is 0 Å². The van der Waals surface area contributed by atoms with Crippen LogP contribution in [0.3, 0.4) is 0 Å². The van der Waals surface area contributed by atoms with Crippen molar-refractivity contribution >= 4 is 0 Å². The minimum atomic E-state index is -1.36. The first-order valence-electron chi connectivity index (χ1n) is 0.884. The van der Waals surface area contributed by atoms with E-state index in [9.17, 15) is 3.44 Å². The van der Waals surface area contributed by atoms with Crippen LogP contribution in [0.1, 0.15) is 0 Å². The van der Waals surface area contributed by atoms with E-state index in [1.165, 1.54) is 7.11 Å². The number of hydrogen-bond acceptors (Lipinski definition) is 3. The van der Waals surface area contributed by atoms with Crippen molar-refractivity contribution in [2.75, 3.05) is 7.11 Å². The Bertz CT molecular complexity index is 14.4. The fourth-order valence-corrected chi connectivity index (χ4v) is 0.173.